The largest absolute Gasteiger partial charge is 0.494 e. The Labute approximate surface area is 242 Å². The molecule has 0 bridgehead atoms. The quantitative estimate of drug-likeness (QED) is 0.393. The average Bonchev–Trinajstić information content (AvgIpc) is 2.96. The fourth-order valence-electron chi connectivity index (χ4n) is 4.96. The summed E-state index contributed by atoms with van der Waals surface area (Å²) in [7, 11) is 7.57. The molecule has 3 heterocycles. The van der Waals surface area contributed by atoms with Crippen molar-refractivity contribution in [2.75, 3.05) is 75.0 Å². The lowest BCUT2D eigenvalue weighted by atomic mass is 10.0. The topological polar surface area (TPSA) is 115 Å². The lowest BCUT2D eigenvalue weighted by Gasteiger charge is -2.42. The Bertz CT molecular complexity index is 1260. The van der Waals surface area contributed by atoms with Crippen LogP contribution in [0.4, 0.5) is 33.6 Å². The second kappa shape index (κ2) is 13.2. The molecule has 0 saturated carbocycles. The van der Waals surface area contributed by atoms with E-state index in [1.807, 2.05) is 50.9 Å². The number of amides is 3. The Balaban J connectivity index is 1.71. The second-order valence-electron chi connectivity index (χ2n) is 10.9. The van der Waals surface area contributed by atoms with Crippen LogP contribution in [0.3, 0.4) is 0 Å². The summed E-state index contributed by atoms with van der Waals surface area (Å²) in [4.78, 5) is 43.2. The molecule has 0 aliphatic carbocycles. The molecule has 3 amide bonds. The van der Waals surface area contributed by atoms with Crippen molar-refractivity contribution in [1.82, 2.24) is 19.8 Å². The van der Waals surface area contributed by atoms with E-state index >= 15 is 0 Å². The van der Waals surface area contributed by atoms with Gasteiger partial charge < -0.3 is 34.8 Å². The van der Waals surface area contributed by atoms with Gasteiger partial charge in [0.25, 0.3) is 0 Å². The van der Waals surface area contributed by atoms with E-state index in [-0.39, 0.29) is 24.0 Å². The number of fused-ring (bicyclic) bond motifs is 1. The number of likely N-dealkylation sites (N-methyl/N-ethyl adjacent to an activating group) is 2. The SMILES string of the molecule is C=CC(=O)Nc1cc(Nc2ncc3c(n2)N(C2CCOCC2)C(=O)N(C(C)C)C3)c(OC)cc1N(C)CCN(C)C. The van der Waals surface area contributed by atoms with Gasteiger partial charge in [-0.3, -0.25) is 9.69 Å². The number of benzene rings is 1. The van der Waals surface area contributed by atoms with Crippen LogP contribution in [0.25, 0.3) is 0 Å². The molecule has 2 aliphatic heterocycles. The number of ether oxygens (including phenoxy) is 2. The van der Waals surface area contributed by atoms with Gasteiger partial charge in [0.15, 0.2) is 0 Å². The van der Waals surface area contributed by atoms with E-state index in [1.54, 1.807) is 19.4 Å². The molecule has 4 rings (SSSR count). The lowest BCUT2D eigenvalue weighted by Crippen LogP contribution is -2.55. The van der Waals surface area contributed by atoms with Crippen molar-refractivity contribution in [3.05, 3.63) is 36.5 Å². The number of urea groups is 1. The molecule has 1 fully saturated rings. The third kappa shape index (κ3) is 6.88. The monoisotopic (exact) mass is 566 g/mol. The van der Waals surface area contributed by atoms with Crippen LogP contribution in [-0.2, 0) is 16.1 Å². The van der Waals surface area contributed by atoms with E-state index in [4.69, 9.17) is 14.5 Å². The van der Waals surface area contributed by atoms with Crippen LogP contribution in [0.2, 0.25) is 0 Å². The van der Waals surface area contributed by atoms with E-state index in [9.17, 15) is 9.59 Å². The van der Waals surface area contributed by atoms with E-state index in [1.165, 1.54) is 6.08 Å². The molecule has 2 N–H and O–H groups in total. The number of nitrogens with one attached hydrogen (secondary N) is 2. The van der Waals surface area contributed by atoms with Crippen LogP contribution in [0, 0.1) is 0 Å². The zero-order chi connectivity index (χ0) is 29.7. The Kier molecular flexibility index (Phi) is 9.66. The molecular weight excluding hydrogens is 524 g/mol. The Morgan fingerprint density at radius 3 is 2.59 bits per heavy atom. The summed E-state index contributed by atoms with van der Waals surface area (Å²) in [5, 5.41) is 6.18. The van der Waals surface area contributed by atoms with Gasteiger partial charge in [0.05, 0.1) is 30.7 Å². The van der Waals surface area contributed by atoms with Crippen molar-refractivity contribution in [2.24, 2.45) is 0 Å². The predicted molar refractivity (Wildman–Crippen MR) is 161 cm³/mol. The summed E-state index contributed by atoms with van der Waals surface area (Å²) in [6, 6.07) is 3.64. The summed E-state index contributed by atoms with van der Waals surface area (Å²) in [5.74, 6) is 1.15. The van der Waals surface area contributed by atoms with Crippen LogP contribution in [0.1, 0.15) is 32.3 Å². The number of rotatable bonds is 11. The highest BCUT2D eigenvalue weighted by molar-refractivity contribution is 6.02. The first-order valence-corrected chi connectivity index (χ1v) is 13.9. The minimum atomic E-state index is -0.325. The van der Waals surface area contributed by atoms with Crippen LogP contribution in [-0.4, -0.2) is 98.3 Å². The standard InChI is InChI=1S/C29H42N8O4/c1-8-26(38)31-22-15-23(25(40-7)16-24(22)35(6)12-11-34(4)5)32-28-30-17-20-18-36(19(2)3)29(39)37(27(20)33-28)21-9-13-41-14-10-21/h8,15-17,19,21H,1,9-14,18H2,2-7H3,(H,31,38)(H,30,32,33). The van der Waals surface area contributed by atoms with Gasteiger partial charge in [0.1, 0.15) is 11.6 Å². The van der Waals surface area contributed by atoms with Crippen molar-refractivity contribution < 1.29 is 19.1 Å². The highest BCUT2D eigenvalue weighted by Crippen LogP contribution is 2.39. The first-order valence-electron chi connectivity index (χ1n) is 13.9. The maximum absolute atomic E-state index is 13.6. The Morgan fingerprint density at radius 2 is 1.95 bits per heavy atom. The summed E-state index contributed by atoms with van der Waals surface area (Å²) in [5.41, 5.74) is 2.84. The lowest BCUT2D eigenvalue weighted by molar-refractivity contribution is -0.111. The van der Waals surface area contributed by atoms with Gasteiger partial charge in [0, 0.05) is 63.3 Å². The number of hydrogen-bond donors (Lipinski definition) is 2. The summed E-state index contributed by atoms with van der Waals surface area (Å²) in [6.45, 7) is 10.8. The molecule has 0 radical (unpaired) electrons. The Hall–Kier alpha value is -3.90. The van der Waals surface area contributed by atoms with Gasteiger partial charge in [-0.05, 0) is 52.9 Å². The zero-order valence-corrected chi connectivity index (χ0v) is 24.9. The van der Waals surface area contributed by atoms with Gasteiger partial charge in [-0.15, -0.1) is 0 Å². The van der Waals surface area contributed by atoms with E-state index in [2.05, 4.69) is 32.0 Å². The molecule has 2 aliphatic rings. The number of anilines is 5. The van der Waals surface area contributed by atoms with Crippen LogP contribution in [0.15, 0.2) is 31.0 Å². The highest BCUT2D eigenvalue weighted by Gasteiger charge is 2.38. The molecule has 41 heavy (non-hydrogen) atoms. The number of nitrogens with zero attached hydrogens (tertiary/aromatic N) is 6. The average molecular weight is 567 g/mol. The minimum absolute atomic E-state index is 0.00783. The second-order valence-corrected chi connectivity index (χ2v) is 10.9. The third-order valence-electron chi connectivity index (χ3n) is 7.34. The van der Waals surface area contributed by atoms with Gasteiger partial charge in [0.2, 0.25) is 11.9 Å². The normalized spacial score (nSPS) is 15.7. The molecular formula is C29H42N8O4. The number of aromatic nitrogens is 2. The molecule has 1 aromatic heterocycles. The van der Waals surface area contributed by atoms with E-state index in [0.29, 0.717) is 48.6 Å². The fraction of sp³-hybridized carbons (Fsp3) is 0.517. The number of carbonyl (C=O) groups excluding carboxylic acids is 2. The maximum atomic E-state index is 13.6. The Morgan fingerprint density at radius 1 is 1.22 bits per heavy atom. The van der Waals surface area contributed by atoms with Crippen molar-refractivity contribution in [3.8, 4) is 5.75 Å². The number of carbonyl (C=O) groups is 2. The molecule has 0 unspecified atom stereocenters. The smallest absolute Gasteiger partial charge is 0.326 e. The number of methoxy groups -OCH3 is 1. The first kappa shape index (κ1) is 30.1. The van der Waals surface area contributed by atoms with Crippen molar-refractivity contribution in [1.29, 1.82) is 0 Å². The van der Waals surface area contributed by atoms with Crippen LogP contribution in [0.5, 0.6) is 5.75 Å². The number of hydrogen-bond acceptors (Lipinski definition) is 9. The van der Waals surface area contributed by atoms with Crippen LogP contribution >= 0.6 is 0 Å². The zero-order valence-electron chi connectivity index (χ0n) is 24.9. The van der Waals surface area contributed by atoms with Gasteiger partial charge in [-0.2, -0.15) is 4.98 Å². The molecule has 0 atom stereocenters. The fourth-order valence-corrected chi connectivity index (χ4v) is 4.96. The molecule has 222 valence electrons. The summed E-state index contributed by atoms with van der Waals surface area (Å²) < 4.78 is 11.3. The summed E-state index contributed by atoms with van der Waals surface area (Å²) >= 11 is 0. The van der Waals surface area contributed by atoms with Gasteiger partial charge in [-0.25, -0.2) is 9.78 Å². The van der Waals surface area contributed by atoms with Gasteiger partial charge >= 0.3 is 6.03 Å². The first-order chi connectivity index (χ1) is 19.6. The highest BCUT2D eigenvalue weighted by atomic mass is 16.5. The van der Waals surface area contributed by atoms with Crippen molar-refractivity contribution >= 4 is 40.8 Å². The van der Waals surface area contributed by atoms with Crippen LogP contribution < -0.4 is 25.2 Å². The molecule has 0 spiro atoms. The molecule has 2 aromatic rings. The van der Waals surface area contributed by atoms with Crippen molar-refractivity contribution in [2.45, 2.75) is 45.3 Å². The maximum Gasteiger partial charge on any atom is 0.326 e. The van der Waals surface area contributed by atoms with E-state index in [0.717, 1.165) is 37.2 Å². The summed E-state index contributed by atoms with van der Waals surface area (Å²) in [6.07, 6.45) is 4.49. The molecule has 1 aromatic carbocycles. The van der Waals surface area contributed by atoms with Gasteiger partial charge in [-0.1, -0.05) is 6.58 Å². The van der Waals surface area contributed by atoms with E-state index < -0.39 is 0 Å². The molecule has 12 heteroatoms. The minimum Gasteiger partial charge on any atom is -0.494 e. The molecule has 12 nitrogen and oxygen atoms in total. The predicted octanol–water partition coefficient (Wildman–Crippen LogP) is 3.68. The van der Waals surface area contributed by atoms with Crippen molar-refractivity contribution in [3.63, 3.8) is 0 Å². The molecule has 1 saturated heterocycles. The third-order valence-corrected chi connectivity index (χ3v) is 7.34.